The van der Waals surface area contributed by atoms with Crippen LogP contribution in [0.15, 0.2) is 130 Å². The highest BCUT2D eigenvalue weighted by atomic mass is 32.2. The molecular formula is C38H33NO12S4. The van der Waals surface area contributed by atoms with Gasteiger partial charge in [0.15, 0.2) is 36.3 Å². The van der Waals surface area contributed by atoms with E-state index in [-0.39, 0.29) is 25.6 Å². The number of carbonyl (C=O) groups excluding carboxylic acids is 4. The Morgan fingerprint density at radius 3 is 1.69 bits per heavy atom. The molecule has 0 aromatic heterocycles. The first-order valence-electron chi connectivity index (χ1n) is 16.3. The zero-order valence-electron chi connectivity index (χ0n) is 29.2. The van der Waals surface area contributed by atoms with E-state index in [0.717, 1.165) is 23.1 Å². The lowest BCUT2D eigenvalue weighted by Gasteiger charge is -2.10. The first kappa shape index (κ1) is 40.8. The summed E-state index contributed by atoms with van der Waals surface area (Å²) in [6.07, 6.45) is 0. The number of carbonyl (C=O) groups is 4. The molecule has 1 N–H and O–H groups in total. The van der Waals surface area contributed by atoms with Gasteiger partial charge in [0.1, 0.15) is 4.90 Å². The largest absolute Gasteiger partial charge is 0.392 e. The van der Waals surface area contributed by atoms with Crippen LogP contribution < -0.4 is 5.32 Å². The summed E-state index contributed by atoms with van der Waals surface area (Å²) in [5.74, 6) is -6.83. The summed E-state index contributed by atoms with van der Waals surface area (Å²) >= 11 is 0.871. The Kier molecular flexibility index (Phi) is 12.6. The van der Waals surface area contributed by atoms with Gasteiger partial charge in [0.25, 0.3) is 0 Å². The first-order valence-corrected chi connectivity index (χ1v) is 22.0. The van der Waals surface area contributed by atoms with Gasteiger partial charge in [0, 0.05) is 24.1 Å². The van der Waals surface area contributed by atoms with Crippen molar-refractivity contribution < 1.29 is 53.4 Å². The van der Waals surface area contributed by atoms with Crippen LogP contribution in [-0.2, 0) is 57.9 Å². The van der Waals surface area contributed by atoms with Gasteiger partial charge in [0.05, 0.1) is 15.7 Å². The SMILES string of the molecule is CC(=O)SCC(C)C(=O)OC(=O)CS(=O)(=O)c1ccc(-c2ccc(S(=O)(=O)CC(=O)OS(=O)(=O)c3ccc4cc(Nc5ccccc5)ccc4c3)cc2)cc1. The van der Waals surface area contributed by atoms with E-state index in [1.165, 1.54) is 74.5 Å². The molecule has 1 atom stereocenters. The molecule has 1 unspecified atom stereocenters. The molecule has 5 rings (SSSR count). The zero-order valence-corrected chi connectivity index (χ0v) is 32.5. The van der Waals surface area contributed by atoms with E-state index in [0.29, 0.717) is 21.9 Å². The molecule has 0 saturated carbocycles. The Labute approximate surface area is 322 Å². The van der Waals surface area contributed by atoms with E-state index < -0.39 is 65.1 Å². The van der Waals surface area contributed by atoms with Crippen molar-refractivity contribution in [2.75, 3.05) is 22.6 Å². The lowest BCUT2D eigenvalue weighted by Crippen LogP contribution is -2.26. The van der Waals surface area contributed by atoms with Gasteiger partial charge in [0.2, 0.25) is 0 Å². The topological polar surface area (TPSA) is 201 Å². The first-order chi connectivity index (χ1) is 25.9. The second kappa shape index (κ2) is 17.0. The lowest BCUT2D eigenvalue weighted by atomic mass is 10.1. The Hall–Kier alpha value is -5.36. The predicted octanol–water partition coefficient (Wildman–Crippen LogP) is 5.72. The van der Waals surface area contributed by atoms with Crippen molar-refractivity contribution in [3.8, 4) is 11.1 Å². The van der Waals surface area contributed by atoms with E-state index >= 15 is 0 Å². The molecule has 13 nitrogen and oxygen atoms in total. The summed E-state index contributed by atoms with van der Waals surface area (Å²) in [4.78, 5) is 47.1. The van der Waals surface area contributed by atoms with E-state index in [9.17, 15) is 44.4 Å². The summed E-state index contributed by atoms with van der Waals surface area (Å²) in [5, 5.41) is 4.27. The van der Waals surface area contributed by atoms with Crippen LogP contribution in [0, 0.1) is 5.92 Å². The standard InChI is InChI=1S/C38H33NO12S4/c1-25(22-52-26(2)40)38(43)50-36(41)23-53(44,45)33-15-9-27(10-16-33)28-11-17-34(18-12-28)54(46,47)24-37(42)51-55(48,49)35-19-13-29-20-32(14-8-30(29)21-35)39-31-6-4-3-5-7-31/h3-21,25,39H,22-24H2,1-2H3. The van der Waals surface area contributed by atoms with Gasteiger partial charge in [-0.1, -0.05) is 73.3 Å². The van der Waals surface area contributed by atoms with Crippen LogP contribution in [0.25, 0.3) is 21.9 Å². The number of hydrogen-bond acceptors (Lipinski definition) is 14. The third-order valence-electron chi connectivity index (χ3n) is 7.89. The molecule has 0 aliphatic heterocycles. The highest BCUT2D eigenvalue weighted by molar-refractivity contribution is 8.13. The molecule has 55 heavy (non-hydrogen) atoms. The monoisotopic (exact) mass is 823 g/mol. The molecule has 0 amide bonds. The van der Waals surface area contributed by atoms with Crippen LogP contribution in [0.1, 0.15) is 13.8 Å². The minimum atomic E-state index is -4.67. The smallest absolute Gasteiger partial charge is 0.341 e. The molecule has 17 heteroatoms. The molecule has 286 valence electrons. The summed E-state index contributed by atoms with van der Waals surface area (Å²) < 4.78 is 86.8. The van der Waals surface area contributed by atoms with Gasteiger partial charge < -0.3 is 14.2 Å². The number of anilines is 2. The molecule has 0 aliphatic rings. The molecule has 0 saturated heterocycles. The quantitative estimate of drug-likeness (QED) is 0.0810. The van der Waals surface area contributed by atoms with Gasteiger partial charge in [-0.15, -0.1) is 0 Å². The van der Waals surface area contributed by atoms with Gasteiger partial charge in [-0.2, -0.15) is 8.42 Å². The van der Waals surface area contributed by atoms with E-state index in [1.54, 1.807) is 18.2 Å². The predicted molar refractivity (Wildman–Crippen MR) is 206 cm³/mol. The highest BCUT2D eigenvalue weighted by Crippen LogP contribution is 2.27. The molecule has 0 spiro atoms. The number of para-hydroxylation sites is 1. The molecule has 0 heterocycles. The number of nitrogens with one attached hydrogen (secondary N) is 1. The number of esters is 2. The lowest BCUT2D eigenvalue weighted by molar-refractivity contribution is -0.160. The van der Waals surface area contributed by atoms with Gasteiger partial charge >= 0.3 is 28.0 Å². The maximum atomic E-state index is 13.0. The van der Waals surface area contributed by atoms with Crippen LogP contribution in [0.5, 0.6) is 0 Å². The Balaban J connectivity index is 1.18. The molecular weight excluding hydrogens is 791 g/mol. The van der Waals surface area contributed by atoms with Crippen molar-refractivity contribution in [1.82, 2.24) is 0 Å². The number of benzene rings is 5. The number of rotatable bonds is 14. The molecule has 5 aromatic carbocycles. The van der Waals surface area contributed by atoms with Crippen molar-refractivity contribution in [3.05, 3.63) is 115 Å². The minimum Gasteiger partial charge on any atom is -0.392 e. The number of ether oxygens (including phenoxy) is 1. The van der Waals surface area contributed by atoms with Crippen LogP contribution in [0.2, 0.25) is 0 Å². The molecule has 5 aromatic rings. The Bertz CT molecular complexity index is 2590. The molecule has 0 bridgehead atoms. The summed E-state index contributed by atoms with van der Waals surface area (Å²) in [6, 6.07) is 29.3. The zero-order chi connectivity index (χ0) is 40.0. The fourth-order valence-corrected chi connectivity index (χ4v) is 8.85. The number of sulfone groups is 2. The van der Waals surface area contributed by atoms with Gasteiger partial charge in [-0.3, -0.25) is 14.4 Å². The fraction of sp³-hybridized carbons (Fsp3) is 0.158. The third kappa shape index (κ3) is 10.9. The average molecular weight is 824 g/mol. The second-order valence-corrected chi connectivity index (χ2v) is 18.9. The van der Waals surface area contributed by atoms with Crippen LogP contribution >= 0.6 is 11.8 Å². The molecule has 0 fully saturated rings. The number of thioether (sulfide) groups is 1. The minimum absolute atomic E-state index is 0.0717. The van der Waals surface area contributed by atoms with Crippen molar-refractivity contribution in [2.24, 2.45) is 5.92 Å². The number of hydrogen-bond donors (Lipinski definition) is 1. The second-order valence-electron chi connectivity index (χ2n) is 12.2. The normalized spacial score (nSPS) is 12.4. The highest BCUT2D eigenvalue weighted by Gasteiger charge is 2.28. The Morgan fingerprint density at radius 1 is 0.618 bits per heavy atom. The maximum absolute atomic E-state index is 13.0. The van der Waals surface area contributed by atoms with Crippen molar-refractivity contribution in [3.63, 3.8) is 0 Å². The third-order valence-corrected chi connectivity index (χ3v) is 13.4. The van der Waals surface area contributed by atoms with Crippen LogP contribution in [-0.4, -0.2) is 65.5 Å². The average Bonchev–Trinajstić information content (AvgIpc) is 3.13. The van der Waals surface area contributed by atoms with E-state index in [2.05, 4.69) is 14.2 Å². The maximum Gasteiger partial charge on any atom is 0.341 e. The van der Waals surface area contributed by atoms with Crippen molar-refractivity contribution in [1.29, 1.82) is 0 Å². The van der Waals surface area contributed by atoms with Gasteiger partial charge in [-0.05, 0) is 82.6 Å². The summed E-state index contributed by atoms with van der Waals surface area (Å²) in [5.41, 5.74) is 2.57. The van der Waals surface area contributed by atoms with Crippen LogP contribution in [0.4, 0.5) is 11.4 Å². The molecule has 0 radical (unpaired) electrons. The van der Waals surface area contributed by atoms with Gasteiger partial charge in [-0.25, -0.2) is 21.6 Å². The summed E-state index contributed by atoms with van der Waals surface area (Å²) in [7, 11) is -13.2. The van der Waals surface area contributed by atoms with E-state index in [4.69, 9.17) is 0 Å². The van der Waals surface area contributed by atoms with E-state index in [1.807, 2.05) is 36.4 Å². The number of fused-ring (bicyclic) bond motifs is 1. The van der Waals surface area contributed by atoms with Crippen LogP contribution in [0.3, 0.4) is 0 Å². The Morgan fingerprint density at radius 2 is 1.13 bits per heavy atom. The van der Waals surface area contributed by atoms with Crippen molar-refractivity contribution >= 4 is 86.7 Å². The summed E-state index contributed by atoms with van der Waals surface area (Å²) in [6.45, 7) is 2.76. The molecule has 0 aliphatic carbocycles. The fourth-order valence-electron chi connectivity index (χ4n) is 5.08. The van der Waals surface area contributed by atoms with Crippen molar-refractivity contribution in [2.45, 2.75) is 28.5 Å².